The molecule has 0 saturated carbocycles. The Kier molecular flexibility index (Phi) is 6.02. The van der Waals surface area contributed by atoms with Crippen LogP contribution in [0.2, 0.25) is 0 Å². The molecule has 0 bridgehead atoms. The molecule has 0 fully saturated rings. The quantitative estimate of drug-likeness (QED) is 0.868. The summed E-state index contributed by atoms with van der Waals surface area (Å²) in [5.74, 6) is 0. The molecule has 1 aromatic carbocycles. The average Bonchev–Trinajstić information content (AvgIpc) is 2.33. The Labute approximate surface area is 122 Å². The molecule has 1 amide bonds. The first kappa shape index (κ1) is 16.5. The summed E-state index contributed by atoms with van der Waals surface area (Å²) >= 11 is 0. The van der Waals surface area contributed by atoms with E-state index in [1.165, 1.54) is 10.5 Å². The van der Waals surface area contributed by atoms with Crippen LogP contribution in [0.3, 0.4) is 0 Å². The molecule has 4 nitrogen and oxygen atoms in total. The summed E-state index contributed by atoms with van der Waals surface area (Å²) in [5.41, 5.74) is 0.935. The minimum atomic E-state index is -0.844. The van der Waals surface area contributed by atoms with Gasteiger partial charge in [0.15, 0.2) is 0 Å². The van der Waals surface area contributed by atoms with E-state index in [0.717, 1.165) is 19.5 Å². The zero-order valence-corrected chi connectivity index (χ0v) is 13.0. The molecule has 0 aliphatic carbocycles. The van der Waals surface area contributed by atoms with Gasteiger partial charge in [0.1, 0.15) is 0 Å². The van der Waals surface area contributed by atoms with Crippen molar-refractivity contribution in [3.8, 4) is 0 Å². The van der Waals surface area contributed by atoms with Crippen molar-refractivity contribution in [2.45, 2.75) is 39.3 Å². The van der Waals surface area contributed by atoms with Crippen LogP contribution in [0, 0.1) is 0 Å². The van der Waals surface area contributed by atoms with Crippen LogP contribution in [0.25, 0.3) is 0 Å². The second kappa shape index (κ2) is 7.29. The van der Waals surface area contributed by atoms with E-state index in [1.54, 1.807) is 0 Å². The van der Waals surface area contributed by atoms with E-state index in [9.17, 15) is 9.90 Å². The highest BCUT2D eigenvalue weighted by Crippen LogP contribution is 2.14. The molecule has 0 aliphatic rings. The van der Waals surface area contributed by atoms with Crippen molar-refractivity contribution >= 4 is 6.09 Å². The Morgan fingerprint density at radius 1 is 1.15 bits per heavy atom. The zero-order valence-electron chi connectivity index (χ0n) is 13.0. The minimum Gasteiger partial charge on any atom is -0.465 e. The minimum absolute atomic E-state index is 0.343. The van der Waals surface area contributed by atoms with Crippen LogP contribution in [0.5, 0.6) is 0 Å². The van der Waals surface area contributed by atoms with E-state index in [-0.39, 0.29) is 5.54 Å². The second-order valence-corrected chi connectivity index (χ2v) is 6.18. The summed E-state index contributed by atoms with van der Waals surface area (Å²) in [4.78, 5) is 14.9. The monoisotopic (exact) mass is 278 g/mol. The van der Waals surface area contributed by atoms with E-state index in [1.807, 2.05) is 39.0 Å². The third kappa shape index (κ3) is 5.61. The molecule has 0 unspecified atom stereocenters. The summed E-state index contributed by atoms with van der Waals surface area (Å²) < 4.78 is 0. The number of rotatable bonds is 6. The average molecular weight is 278 g/mol. The third-order valence-corrected chi connectivity index (χ3v) is 3.26. The highest BCUT2D eigenvalue weighted by Gasteiger charge is 2.25. The highest BCUT2D eigenvalue weighted by molar-refractivity contribution is 5.65. The van der Waals surface area contributed by atoms with Gasteiger partial charge in [-0.15, -0.1) is 0 Å². The Hall–Kier alpha value is -1.55. The number of hydrogen-bond donors (Lipinski definition) is 1. The first-order valence-electron chi connectivity index (χ1n) is 7.04. The van der Waals surface area contributed by atoms with Gasteiger partial charge in [-0.1, -0.05) is 30.3 Å². The molecule has 20 heavy (non-hydrogen) atoms. The lowest BCUT2D eigenvalue weighted by atomic mass is 10.1. The molecular formula is C16H26N2O2. The van der Waals surface area contributed by atoms with Crippen LogP contribution >= 0.6 is 0 Å². The molecule has 0 radical (unpaired) electrons. The van der Waals surface area contributed by atoms with Gasteiger partial charge < -0.3 is 14.9 Å². The van der Waals surface area contributed by atoms with E-state index in [2.05, 4.69) is 24.1 Å². The smallest absolute Gasteiger partial charge is 0.407 e. The molecule has 1 N–H and O–H groups in total. The lowest BCUT2D eigenvalue weighted by Crippen LogP contribution is -2.46. The van der Waals surface area contributed by atoms with Crippen molar-refractivity contribution in [2.75, 3.05) is 20.1 Å². The fourth-order valence-corrected chi connectivity index (χ4v) is 2.19. The summed E-state index contributed by atoms with van der Waals surface area (Å²) in [6.45, 7) is 8.12. The van der Waals surface area contributed by atoms with Crippen LogP contribution in [-0.4, -0.2) is 46.7 Å². The number of nitrogens with zero attached hydrogens (tertiary/aromatic N) is 2. The number of carboxylic acid groups (broad SMARTS) is 1. The Balaban J connectivity index is 2.37. The van der Waals surface area contributed by atoms with E-state index < -0.39 is 6.09 Å². The largest absolute Gasteiger partial charge is 0.465 e. The Morgan fingerprint density at radius 2 is 1.75 bits per heavy atom. The van der Waals surface area contributed by atoms with Gasteiger partial charge in [0.05, 0.1) is 0 Å². The summed E-state index contributed by atoms with van der Waals surface area (Å²) in [6, 6.07) is 10.3. The molecule has 0 spiro atoms. The van der Waals surface area contributed by atoms with Gasteiger partial charge in [-0.3, -0.25) is 0 Å². The van der Waals surface area contributed by atoms with E-state index >= 15 is 0 Å². The third-order valence-electron chi connectivity index (χ3n) is 3.26. The molecule has 1 aromatic rings. The summed E-state index contributed by atoms with van der Waals surface area (Å²) in [6.07, 6.45) is -0.00407. The lowest BCUT2D eigenvalue weighted by molar-refractivity contribution is 0.0971. The van der Waals surface area contributed by atoms with Crippen LogP contribution in [0.15, 0.2) is 30.3 Å². The molecule has 0 atom stereocenters. The van der Waals surface area contributed by atoms with Crippen molar-refractivity contribution in [1.82, 2.24) is 9.80 Å². The standard InChI is InChI=1S/C16H26N2O2/c1-16(2,3)18(15(19)20)12-8-11-17(4)13-14-9-6-5-7-10-14/h5-7,9-10H,8,11-13H2,1-4H3,(H,19,20). The zero-order chi connectivity index (χ0) is 15.2. The van der Waals surface area contributed by atoms with Crippen molar-refractivity contribution in [2.24, 2.45) is 0 Å². The molecule has 1 rings (SSSR count). The van der Waals surface area contributed by atoms with Crippen LogP contribution < -0.4 is 0 Å². The highest BCUT2D eigenvalue weighted by atomic mass is 16.4. The van der Waals surface area contributed by atoms with Gasteiger partial charge in [0.25, 0.3) is 0 Å². The van der Waals surface area contributed by atoms with Crippen LogP contribution in [-0.2, 0) is 6.54 Å². The number of benzene rings is 1. The fourth-order valence-electron chi connectivity index (χ4n) is 2.19. The molecule has 0 heterocycles. The summed E-state index contributed by atoms with van der Waals surface area (Å²) in [7, 11) is 2.06. The Bertz CT molecular complexity index is 412. The van der Waals surface area contributed by atoms with Crippen molar-refractivity contribution in [1.29, 1.82) is 0 Å². The Morgan fingerprint density at radius 3 is 2.25 bits per heavy atom. The van der Waals surface area contributed by atoms with Gasteiger partial charge in [-0.2, -0.15) is 0 Å². The molecule has 0 aromatic heterocycles. The van der Waals surface area contributed by atoms with E-state index in [4.69, 9.17) is 0 Å². The van der Waals surface area contributed by atoms with Gasteiger partial charge in [0.2, 0.25) is 0 Å². The number of amides is 1. The van der Waals surface area contributed by atoms with Gasteiger partial charge >= 0.3 is 6.09 Å². The van der Waals surface area contributed by atoms with Crippen molar-refractivity contribution in [3.63, 3.8) is 0 Å². The maximum Gasteiger partial charge on any atom is 0.407 e. The van der Waals surface area contributed by atoms with Crippen molar-refractivity contribution in [3.05, 3.63) is 35.9 Å². The lowest BCUT2D eigenvalue weighted by Gasteiger charge is -2.33. The molecule has 4 heteroatoms. The normalized spacial score (nSPS) is 11.7. The topological polar surface area (TPSA) is 43.8 Å². The van der Waals surface area contributed by atoms with Crippen LogP contribution in [0.4, 0.5) is 4.79 Å². The second-order valence-electron chi connectivity index (χ2n) is 6.18. The maximum absolute atomic E-state index is 11.2. The van der Waals surface area contributed by atoms with Gasteiger partial charge in [0, 0.05) is 18.6 Å². The molecule has 0 saturated heterocycles. The van der Waals surface area contributed by atoms with Gasteiger partial charge in [-0.05, 0) is 46.3 Å². The van der Waals surface area contributed by atoms with Crippen molar-refractivity contribution < 1.29 is 9.90 Å². The predicted octanol–water partition coefficient (Wildman–Crippen LogP) is 3.29. The predicted molar refractivity (Wildman–Crippen MR) is 81.9 cm³/mol. The molecule has 0 aliphatic heterocycles. The maximum atomic E-state index is 11.2. The first-order chi connectivity index (χ1) is 9.30. The SMILES string of the molecule is CN(CCCN(C(=O)O)C(C)(C)C)Cc1ccccc1. The molecular weight excluding hydrogens is 252 g/mol. The first-order valence-corrected chi connectivity index (χ1v) is 7.04. The fraction of sp³-hybridized carbons (Fsp3) is 0.562. The molecule has 112 valence electrons. The van der Waals surface area contributed by atoms with Crippen LogP contribution in [0.1, 0.15) is 32.8 Å². The number of carbonyl (C=O) groups is 1. The summed E-state index contributed by atoms with van der Waals surface area (Å²) in [5, 5.41) is 9.22. The van der Waals surface area contributed by atoms with Gasteiger partial charge in [-0.25, -0.2) is 4.79 Å². The van der Waals surface area contributed by atoms with E-state index in [0.29, 0.717) is 6.54 Å². The number of hydrogen-bond acceptors (Lipinski definition) is 2.